The molecule has 0 amide bonds. The molecule has 112 valence electrons. The van der Waals surface area contributed by atoms with E-state index in [1.54, 1.807) is 6.92 Å². The van der Waals surface area contributed by atoms with Crippen LogP contribution in [0.1, 0.15) is 34.6 Å². The van der Waals surface area contributed by atoms with E-state index in [0.29, 0.717) is 13.2 Å². The molecule has 0 aromatic rings. The summed E-state index contributed by atoms with van der Waals surface area (Å²) in [4.78, 5) is 22.3. The monoisotopic (exact) mass is 276 g/mol. The number of carbonyl (C=O) groups excluding carboxylic acids is 2. The summed E-state index contributed by atoms with van der Waals surface area (Å²) in [6.07, 6.45) is -2.11. The van der Waals surface area contributed by atoms with Crippen LogP contribution in [0.25, 0.3) is 0 Å². The van der Waals surface area contributed by atoms with Gasteiger partial charge in [-0.2, -0.15) is 0 Å². The van der Waals surface area contributed by atoms with Gasteiger partial charge < -0.3 is 18.9 Å². The molecule has 0 rings (SSSR count). The lowest BCUT2D eigenvalue weighted by molar-refractivity contribution is -0.0150. The second-order valence-electron chi connectivity index (χ2n) is 5.15. The van der Waals surface area contributed by atoms with E-state index in [-0.39, 0.29) is 18.4 Å². The largest absolute Gasteiger partial charge is 0.508 e. The van der Waals surface area contributed by atoms with Gasteiger partial charge in [-0.05, 0) is 18.8 Å². The number of hydrogen-bond acceptors (Lipinski definition) is 6. The quantitative estimate of drug-likeness (QED) is 0.666. The normalized spacial score (nSPS) is 12.2. The van der Waals surface area contributed by atoms with Crippen molar-refractivity contribution in [2.24, 2.45) is 11.8 Å². The molecule has 0 aliphatic rings. The van der Waals surface area contributed by atoms with Crippen LogP contribution in [0.3, 0.4) is 0 Å². The van der Waals surface area contributed by atoms with Gasteiger partial charge in [-0.1, -0.05) is 27.7 Å². The van der Waals surface area contributed by atoms with Crippen LogP contribution in [0, 0.1) is 11.8 Å². The van der Waals surface area contributed by atoms with Crippen molar-refractivity contribution in [2.45, 2.75) is 40.7 Å². The Morgan fingerprint density at radius 2 is 1.16 bits per heavy atom. The zero-order valence-electron chi connectivity index (χ0n) is 12.3. The van der Waals surface area contributed by atoms with Crippen molar-refractivity contribution < 1.29 is 28.5 Å². The van der Waals surface area contributed by atoms with Crippen molar-refractivity contribution in [1.82, 2.24) is 0 Å². The van der Waals surface area contributed by atoms with E-state index < -0.39 is 18.4 Å². The Kier molecular flexibility index (Phi) is 8.74. The van der Waals surface area contributed by atoms with E-state index in [4.69, 9.17) is 18.9 Å². The first-order valence-electron chi connectivity index (χ1n) is 6.44. The molecule has 0 radical (unpaired) electrons. The fourth-order valence-corrected chi connectivity index (χ4v) is 0.929. The highest BCUT2D eigenvalue weighted by molar-refractivity contribution is 5.61. The van der Waals surface area contributed by atoms with Crippen molar-refractivity contribution in [2.75, 3.05) is 19.8 Å². The maximum absolute atomic E-state index is 11.2. The molecule has 6 nitrogen and oxygen atoms in total. The van der Waals surface area contributed by atoms with Gasteiger partial charge in [-0.15, -0.1) is 0 Å². The Balaban J connectivity index is 3.71. The Labute approximate surface area is 114 Å². The molecule has 6 heteroatoms. The first-order chi connectivity index (χ1) is 8.81. The molecule has 0 aliphatic heterocycles. The van der Waals surface area contributed by atoms with Crippen molar-refractivity contribution in [1.29, 1.82) is 0 Å². The molecule has 0 N–H and O–H groups in total. The Morgan fingerprint density at radius 3 is 1.63 bits per heavy atom. The number of hydrogen-bond donors (Lipinski definition) is 0. The average molecular weight is 276 g/mol. The van der Waals surface area contributed by atoms with Crippen LogP contribution in [-0.4, -0.2) is 38.2 Å². The third-order valence-corrected chi connectivity index (χ3v) is 1.80. The predicted molar refractivity (Wildman–Crippen MR) is 68.9 cm³/mol. The minimum atomic E-state index is -0.764. The van der Waals surface area contributed by atoms with Crippen LogP contribution in [-0.2, 0) is 18.9 Å². The lowest BCUT2D eigenvalue weighted by atomic mass is 10.2. The maximum atomic E-state index is 11.2. The molecule has 0 fully saturated rings. The zero-order valence-corrected chi connectivity index (χ0v) is 12.3. The highest BCUT2D eigenvalue weighted by atomic mass is 16.7. The van der Waals surface area contributed by atoms with Gasteiger partial charge in [0.1, 0.15) is 12.7 Å². The number of ether oxygens (including phenoxy) is 4. The third-order valence-electron chi connectivity index (χ3n) is 1.80. The lowest BCUT2D eigenvalue weighted by Crippen LogP contribution is -2.24. The van der Waals surface area contributed by atoms with E-state index in [1.807, 2.05) is 27.7 Å². The smallest absolute Gasteiger partial charge is 0.434 e. The van der Waals surface area contributed by atoms with Crippen LogP contribution in [0.15, 0.2) is 0 Å². The molecule has 19 heavy (non-hydrogen) atoms. The van der Waals surface area contributed by atoms with Gasteiger partial charge >= 0.3 is 12.3 Å². The van der Waals surface area contributed by atoms with Crippen LogP contribution in [0.2, 0.25) is 0 Å². The van der Waals surface area contributed by atoms with Gasteiger partial charge in [0.25, 0.3) is 0 Å². The highest BCUT2D eigenvalue weighted by Crippen LogP contribution is 2.01. The van der Waals surface area contributed by atoms with Gasteiger partial charge in [0.05, 0.1) is 13.2 Å². The molecule has 0 spiro atoms. The van der Waals surface area contributed by atoms with Gasteiger partial charge in [-0.3, -0.25) is 0 Å². The summed E-state index contributed by atoms with van der Waals surface area (Å²) >= 11 is 0. The molecule has 0 saturated carbocycles. The highest BCUT2D eigenvalue weighted by Gasteiger charge is 2.14. The fourth-order valence-electron chi connectivity index (χ4n) is 0.929. The summed E-state index contributed by atoms with van der Waals surface area (Å²) in [5, 5.41) is 0. The lowest BCUT2D eigenvalue weighted by Gasteiger charge is -2.14. The van der Waals surface area contributed by atoms with Crippen LogP contribution < -0.4 is 0 Å². The minimum absolute atomic E-state index is 0.0618. The molecular formula is C13H24O6. The Bertz CT molecular complexity index is 274. The van der Waals surface area contributed by atoms with E-state index in [0.717, 1.165) is 0 Å². The van der Waals surface area contributed by atoms with Crippen molar-refractivity contribution in [3.8, 4) is 0 Å². The van der Waals surface area contributed by atoms with Gasteiger partial charge in [0.2, 0.25) is 0 Å². The first kappa shape index (κ1) is 17.5. The molecule has 0 saturated heterocycles. The standard InChI is InChI=1S/C13H24O6/c1-9(2)6-16-12(14)18-8-11(5)19-13(15)17-7-10(3)4/h9-11H,6-8H2,1-5H3. The van der Waals surface area contributed by atoms with Gasteiger partial charge in [0.15, 0.2) is 0 Å². The minimum Gasteiger partial charge on any atom is -0.434 e. The molecule has 1 unspecified atom stereocenters. The molecule has 0 aliphatic carbocycles. The van der Waals surface area contributed by atoms with Crippen molar-refractivity contribution >= 4 is 12.3 Å². The SMILES string of the molecule is CC(C)COC(=O)OCC(C)OC(=O)OCC(C)C. The summed E-state index contributed by atoms with van der Waals surface area (Å²) < 4.78 is 19.3. The van der Waals surface area contributed by atoms with Crippen LogP contribution >= 0.6 is 0 Å². The number of carbonyl (C=O) groups is 2. The molecular weight excluding hydrogens is 252 g/mol. The molecule has 0 heterocycles. The van der Waals surface area contributed by atoms with E-state index >= 15 is 0 Å². The average Bonchev–Trinajstić information content (AvgIpc) is 2.31. The van der Waals surface area contributed by atoms with Crippen molar-refractivity contribution in [3.63, 3.8) is 0 Å². The summed E-state index contributed by atoms with van der Waals surface area (Å²) in [6.45, 7) is 9.82. The third kappa shape index (κ3) is 11.4. The van der Waals surface area contributed by atoms with Crippen molar-refractivity contribution in [3.05, 3.63) is 0 Å². The number of rotatable bonds is 7. The summed E-state index contributed by atoms with van der Waals surface area (Å²) in [5.41, 5.74) is 0. The summed E-state index contributed by atoms with van der Waals surface area (Å²) in [5.74, 6) is 0.484. The van der Waals surface area contributed by atoms with Gasteiger partial charge in [0, 0.05) is 0 Å². The first-order valence-corrected chi connectivity index (χ1v) is 6.44. The second kappa shape index (κ2) is 9.47. The van der Waals surface area contributed by atoms with Gasteiger partial charge in [-0.25, -0.2) is 9.59 Å². The summed E-state index contributed by atoms with van der Waals surface area (Å²) in [7, 11) is 0. The van der Waals surface area contributed by atoms with E-state index in [9.17, 15) is 9.59 Å². The van der Waals surface area contributed by atoms with E-state index in [1.165, 1.54) is 0 Å². The molecule has 0 bridgehead atoms. The van der Waals surface area contributed by atoms with E-state index in [2.05, 4.69) is 0 Å². The summed E-state index contributed by atoms with van der Waals surface area (Å²) in [6, 6.07) is 0. The van der Waals surface area contributed by atoms with Crippen LogP contribution in [0.4, 0.5) is 9.59 Å². The molecule has 0 aromatic heterocycles. The Hall–Kier alpha value is -1.46. The predicted octanol–water partition coefficient (Wildman–Crippen LogP) is 2.99. The fraction of sp³-hybridized carbons (Fsp3) is 0.846. The Morgan fingerprint density at radius 1 is 0.737 bits per heavy atom. The molecule has 1 atom stereocenters. The topological polar surface area (TPSA) is 71.1 Å². The zero-order chi connectivity index (χ0) is 14.8. The van der Waals surface area contributed by atoms with Crippen LogP contribution in [0.5, 0.6) is 0 Å². The second-order valence-corrected chi connectivity index (χ2v) is 5.15. The molecule has 0 aromatic carbocycles. The maximum Gasteiger partial charge on any atom is 0.508 e.